The van der Waals surface area contributed by atoms with Crippen LogP contribution in [0.1, 0.15) is 68.0 Å². The highest BCUT2D eigenvalue weighted by molar-refractivity contribution is 7.12. The third-order valence-electron chi connectivity index (χ3n) is 3.38. The van der Waals surface area contributed by atoms with Gasteiger partial charge in [0.1, 0.15) is 4.88 Å². The second-order valence-corrected chi connectivity index (χ2v) is 5.95. The molecule has 0 radical (unpaired) electrons. The van der Waals surface area contributed by atoms with E-state index in [1.54, 1.807) is 18.4 Å². The summed E-state index contributed by atoms with van der Waals surface area (Å²) in [7, 11) is 1.31. The molecule has 0 aromatic carbocycles. The minimum absolute atomic E-state index is 0.117. The maximum atomic E-state index is 11.2. The number of thiophene rings is 1. The van der Waals surface area contributed by atoms with Gasteiger partial charge in [-0.05, 0) is 11.4 Å². The van der Waals surface area contributed by atoms with E-state index in [9.17, 15) is 9.59 Å². The van der Waals surface area contributed by atoms with E-state index in [2.05, 4.69) is 10.1 Å². The van der Waals surface area contributed by atoms with Gasteiger partial charge in [-0.3, -0.25) is 4.79 Å². The summed E-state index contributed by atoms with van der Waals surface area (Å²) >= 11 is 1.25. The molecule has 0 spiro atoms. The monoisotopic (exact) mass is 311 g/mol. The fraction of sp³-hybridized carbons (Fsp3) is 0.625. The molecule has 1 heterocycles. The molecule has 5 heteroatoms. The van der Waals surface area contributed by atoms with Crippen molar-refractivity contribution in [2.24, 2.45) is 0 Å². The maximum absolute atomic E-state index is 11.2. The summed E-state index contributed by atoms with van der Waals surface area (Å²) in [5, 5.41) is 4.36. The summed E-state index contributed by atoms with van der Waals surface area (Å²) in [6, 6.07) is 1.68. The zero-order chi connectivity index (χ0) is 15.5. The highest BCUT2D eigenvalue weighted by Crippen LogP contribution is 2.23. The molecule has 1 aliphatic rings. The molecule has 4 nitrogen and oxygen atoms in total. The van der Waals surface area contributed by atoms with Gasteiger partial charge in [0.15, 0.2) is 0 Å². The minimum atomic E-state index is -0.425. The molecule has 2 rings (SSSR count). The van der Waals surface area contributed by atoms with Gasteiger partial charge >= 0.3 is 5.97 Å². The highest BCUT2D eigenvalue weighted by atomic mass is 32.1. The van der Waals surface area contributed by atoms with Gasteiger partial charge in [-0.1, -0.05) is 51.9 Å². The van der Waals surface area contributed by atoms with Gasteiger partial charge in [0.05, 0.1) is 12.8 Å². The fourth-order valence-corrected chi connectivity index (χ4v) is 2.90. The van der Waals surface area contributed by atoms with Crippen molar-refractivity contribution in [3.8, 4) is 0 Å². The SMILES string of the molecule is C1CCCCCC1.CCC(=O)Nc1ccsc1C(=O)OC. The molecule has 0 unspecified atom stereocenters. The lowest BCUT2D eigenvalue weighted by Gasteiger charge is -2.02. The van der Waals surface area contributed by atoms with Gasteiger partial charge in [-0.15, -0.1) is 11.3 Å². The number of nitrogens with one attached hydrogen (secondary N) is 1. The van der Waals surface area contributed by atoms with Gasteiger partial charge in [0.25, 0.3) is 0 Å². The highest BCUT2D eigenvalue weighted by Gasteiger charge is 2.14. The first-order valence-electron chi connectivity index (χ1n) is 7.64. The molecule has 1 aliphatic carbocycles. The van der Waals surface area contributed by atoms with Gasteiger partial charge in [0.2, 0.25) is 5.91 Å². The smallest absolute Gasteiger partial charge is 0.350 e. The molecule has 0 saturated heterocycles. The third kappa shape index (κ3) is 6.76. The minimum Gasteiger partial charge on any atom is -0.465 e. The Morgan fingerprint density at radius 1 is 1.14 bits per heavy atom. The van der Waals surface area contributed by atoms with Crippen molar-refractivity contribution in [3.63, 3.8) is 0 Å². The Kier molecular flexibility index (Phi) is 8.74. The van der Waals surface area contributed by atoms with Crippen LogP contribution in [0.2, 0.25) is 0 Å². The summed E-state index contributed by atoms with van der Waals surface area (Å²) in [6.07, 6.45) is 10.9. The van der Waals surface area contributed by atoms with Crippen LogP contribution >= 0.6 is 11.3 Å². The summed E-state index contributed by atoms with van der Waals surface area (Å²) in [5.74, 6) is -0.542. The van der Waals surface area contributed by atoms with Crippen LogP contribution in [0, 0.1) is 0 Å². The van der Waals surface area contributed by atoms with Crippen LogP contribution < -0.4 is 5.32 Å². The Morgan fingerprint density at radius 3 is 2.10 bits per heavy atom. The predicted molar refractivity (Wildman–Crippen MR) is 86.9 cm³/mol. The van der Waals surface area contributed by atoms with Gasteiger partial charge in [-0.2, -0.15) is 0 Å². The Bertz CT molecular complexity index is 423. The summed E-state index contributed by atoms with van der Waals surface area (Å²) < 4.78 is 4.57. The molecule has 1 fully saturated rings. The van der Waals surface area contributed by atoms with Crippen LogP contribution in [0.5, 0.6) is 0 Å². The van der Waals surface area contributed by atoms with E-state index >= 15 is 0 Å². The molecule has 1 amide bonds. The van der Waals surface area contributed by atoms with Gasteiger partial charge in [-0.25, -0.2) is 4.79 Å². The van der Waals surface area contributed by atoms with Crippen molar-refractivity contribution < 1.29 is 14.3 Å². The number of rotatable bonds is 3. The zero-order valence-electron chi connectivity index (χ0n) is 12.9. The molecule has 0 atom stereocenters. The molecular formula is C16H25NO3S. The van der Waals surface area contributed by atoms with Crippen LogP contribution in [0.15, 0.2) is 11.4 Å². The molecule has 118 valence electrons. The zero-order valence-corrected chi connectivity index (χ0v) is 13.8. The number of anilines is 1. The topological polar surface area (TPSA) is 55.4 Å². The van der Waals surface area contributed by atoms with E-state index in [4.69, 9.17) is 0 Å². The summed E-state index contributed by atoms with van der Waals surface area (Å²) in [4.78, 5) is 22.7. The van der Waals surface area contributed by atoms with Crippen molar-refractivity contribution in [1.29, 1.82) is 0 Å². The largest absolute Gasteiger partial charge is 0.465 e. The third-order valence-corrected chi connectivity index (χ3v) is 4.28. The van der Waals surface area contributed by atoms with Crippen LogP contribution in [-0.4, -0.2) is 19.0 Å². The average molecular weight is 311 g/mol. The Balaban J connectivity index is 0.000000262. The second-order valence-electron chi connectivity index (χ2n) is 5.03. The quantitative estimate of drug-likeness (QED) is 0.655. The number of hydrogen-bond donors (Lipinski definition) is 1. The van der Waals surface area contributed by atoms with E-state index in [0.717, 1.165) is 0 Å². The van der Waals surface area contributed by atoms with E-state index < -0.39 is 5.97 Å². The second kappa shape index (κ2) is 10.4. The van der Waals surface area contributed by atoms with Crippen molar-refractivity contribution >= 4 is 28.9 Å². The number of esters is 1. The molecule has 1 N–H and O–H groups in total. The maximum Gasteiger partial charge on any atom is 0.350 e. The summed E-state index contributed by atoms with van der Waals surface area (Å²) in [6.45, 7) is 1.75. The van der Waals surface area contributed by atoms with Crippen molar-refractivity contribution in [3.05, 3.63) is 16.3 Å². The first-order valence-corrected chi connectivity index (χ1v) is 8.52. The van der Waals surface area contributed by atoms with Crippen molar-refractivity contribution in [2.75, 3.05) is 12.4 Å². The molecule has 1 aromatic heterocycles. The van der Waals surface area contributed by atoms with Crippen molar-refractivity contribution in [2.45, 2.75) is 58.3 Å². The Hall–Kier alpha value is -1.36. The standard InChI is InChI=1S/C9H11NO3S.C7H14/c1-3-7(11)10-6-4-5-14-8(6)9(12)13-2;1-2-4-6-7-5-3-1/h4-5H,3H2,1-2H3,(H,10,11);1-7H2. The molecular weight excluding hydrogens is 286 g/mol. The molecule has 1 aromatic rings. The Morgan fingerprint density at radius 2 is 1.67 bits per heavy atom. The number of methoxy groups -OCH3 is 1. The van der Waals surface area contributed by atoms with E-state index in [0.29, 0.717) is 17.0 Å². The summed E-state index contributed by atoms with van der Waals surface area (Å²) in [5.41, 5.74) is 0.522. The number of ether oxygens (including phenoxy) is 1. The van der Waals surface area contributed by atoms with E-state index in [1.807, 2.05) is 0 Å². The number of hydrogen-bond acceptors (Lipinski definition) is 4. The molecule has 21 heavy (non-hydrogen) atoms. The molecule has 0 bridgehead atoms. The predicted octanol–water partition coefficient (Wildman–Crippen LogP) is 4.61. The van der Waals surface area contributed by atoms with E-state index in [1.165, 1.54) is 63.4 Å². The van der Waals surface area contributed by atoms with Crippen LogP contribution in [0.25, 0.3) is 0 Å². The van der Waals surface area contributed by atoms with E-state index in [-0.39, 0.29) is 5.91 Å². The number of carbonyl (C=O) groups is 2. The first kappa shape index (κ1) is 17.7. The van der Waals surface area contributed by atoms with Gasteiger partial charge < -0.3 is 10.1 Å². The Labute approximate surface area is 130 Å². The van der Waals surface area contributed by atoms with Gasteiger partial charge in [0, 0.05) is 6.42 Å². The van der Waals surface area contributed by atoms with Crippen LogP contribution in [0.4, 0.5) is 5.69 Å². The van der Waals surface area contributed by atoms with Crippen LogP contribution in [-0.2, 0) is 9.53 Å². The lowest BCUT2D eigenvalue weighted by Crippen LogP contribution is -2.11. The normalized spacial score (nSPS) is 14.4. The first-order chi connectivity index (χ1) is 10.2. The molecule has 1 saturated carbocycles. The molecule has 0 aliphatic heterocycles. The lowest BCUT2D eigenvalue weighted by atomic mass is 10.2. The van der Waals surface area contributed by atoms with Crippen molar-refractivity contribution in [1.82, 2.24) is 0 Å². The van der Waals surface area contributed by atoms with Crippen LogP contribution in [0.3, 0.4) is 0 Å². The fourth-order valence-electron chi connectivity index (χ4n) is 2.13. The average Bonchev–Trinajstić information content (AvgIpc) is 2.77. The number of carbonyl (C=O) groups excluding carboxylic acids is 2. The number of amides is 1. The lowest BCUT2D eigenvalue weighted by molar-refractivity contribution is -0.115.